The summed E-state index contributed by atoms with van der Waals surface area (Å²) in [4.78, 5) is 15.2. The van der Waals surface area contributed by atoms with Gasteiger partial charge in [0.2, 0.25) is 0 Å². The van der Waals surface area contributed by atoms with Crippen LogP contribution >= 0.6 is 0 Å². The van der Waals surface area contributed by atoms with Crippen molar-refractivity contribution in [2.75, 3.05) is 41.0 Å². The van der Waals surface area contributed by atoms with Crippen LogP contribution in [0.4, 0.5) is 0 Å². The molecule has 1 aromatic heterocycles. The maximum Gasteiger partial charge on any atom is 0.251 e. The van der Waals surface area contributed by atoms with Gasteiger partial charge < -0.3 is 19.5 Å². The van der Waals surface area contributed by atoms with Crippen molar-refractivity contribution >= 4 is 5.91 Å². The van der Waals surface area contributed by atoms with E-state index in [1.807, 2.05) is 42.1 Å². The van der Waals surface area contributed by atoms with E-state index in [9.17, 15) is 4.79 Å². The van der Waals surface area contributed by atoms with Crippen molar-refractivity contribution in [3.8, 4) is 28.5 Å². The van der Waals surface area contributed by atoms with Gasteiger partial charge in [-0.25, -0.2) is 0 Å². The largest absolute Gasteiger partial charge is 0.497 e. The molecule has 6 rings (SSSR count). The molecule has 2 bridgehead atoms. The highest BCUT2D eigenvalue weighted by Gasteiger charge is 2.41. The Balaban J connectivity index is 1.25. The Morgan fingerprint density at radius 2 is 1.81 bits per heavy atom. The first kappa shape index (κ1) is 24.2. The van der Waals surface area contributed by atoms with Crippen molar-refractivity contribution in [3.63, 3.8) is 0 Å². The summed E-state index contributed by atoms with van der Waals surface area (Å²) in [5.41, 5.74) is 3.86. The normalized spacial score (nSPS) is 22.8. The van der Waals surface area contributed by atoms with E-state index in [2.05, 4.69) is 16.3 Å². The van der Waals surface area contributed by atoms with Gasteiger partial charge in [0.25, 0.3) is 5.91 Å². The van der Waals surface area contributed by atoms with E-state index in [1.54, 1.807) is 33.5 Å². The molecule has 4 atom stereocenters. The van der Waals surface area contributed by atoms with E-state index >= 15 is 0 Å². The molecule has 0 saturated carbocycles. The summed E-state index contributed by atoms with van der Waals surface area (Å²) >= 11 is 0. The number of aromatic nitrogens is 2. The number of amides is 1. The van der Waals surface area contributed by atoms with E-state index in [0.29, 0.717) is 41.5 Å². The van der Waals surface area contributed by atoms with Crippen molar-refractivity contribution < 1.29 is 19.0 Å². The molecule has 8 heteroatoms. The summed E-state index contributed by atoms with van der Waals surface area (Å²) in [5.74, 6) is 3.12. The number of nitrogens with one attached hydrogen (secondary N) is 1. The number of benzene rings is 2. The summed E-state index contributed by atoms with van der Waals surface area (Å²) in [7, 11) is 6.94. The number of fused-ring (bicyclic) bond motifs is 3. The van der Waals surface area contributed by atoms with Gasteiger partial charge in [-0.3, -0.25) is 14.4 Å². The number of ether oxygens (including phenoxy) is 3. The van der Waals surface area contributed by atoms with Gasteiger partial charge in [-0.1, -0.05) is 0 Å². The van der Waals surface area contributed by atoms with Crippen LogP contribution in [0.5, 0.6) is 17.2 Å². The number of carbonyl (C=O) groups is 1. The van der Waals surface area contributed by atoms with Crippen LogP contribution in [-0.2, 0) is 7.05 Å². The minimum Gasteiger partial charge on any atom is -0.497 e. The lowest BCUT2D eigenvalue weighted by Crippen LogP contribution is -2.56. The van der Waals surface area contributed by atoms with Crippen LogP contribution in [0, 0.1) is 5.92 Å². The van der Waals surface area contributed by atoms with Gasteiger partial charge in [-0.05, 0) is 73.8 Å². The second kappa shape index (κ2) is 10.2. The fourth-order valence-corrected chi connectivity index (χ4v) is 5.71. The van der Waals surface area contributed by atoms with Crippen LogP contribution in [0.2, 0.25) is 0 Å². The molecule has 3 fully saturated rings. The quantitative estimate of drug-likeness (QED) is 0.519. The summed E-state index contributed by atoms with van der Waals surface area (Å²) in [5, 5.41) is 7.97. The van der Waals surface area contributed by atoms with Crippen molar-refractivity contribution in [2.24, 2.45) is 13.0 Å². The lowest BCUT2D eigenvalue weighted by molar-refractivity contribution is 0.0280. The first-order valence-electron chi connectivity index (χ1n) is 12.4. The van der Waals surface area contributed by atoms with Crippen molar-refractivity contribution in [3.05, 3.63) is 59.8 Å². The van der Waals surface area contributed by atoms with Gasteiger partial charge >= 0.3 is 0 Å². The maximum absolute atomic E-state index is 12.6. The molecule has 0 radical (unpaired) electrons. The Labute approximate surface area is 212 Å². The van der Waals surface area contributed by atoms with Crippen molar-refractivity contribution in [1.29, 1.82) is 0 Å². The molecule has 1 unspecified atom stereocenters. The molecule has 8 nitrogen and oxygen atoms in total. The van der Waals surface area contributed by atoms with E-state index in [-0.39, 0.29) is 5.91 Å². The highest BCUT2D eigenvalue weighted by Crippen LogP contribution is 2.42. The Hall–Kier alpha value is -3.52. The van der Waals surface area contributed by atoms with E-state index in [1.165, 1.54) is 12.1 Å². The monoisotopic (exact) mass is 490 g/mol. The van der Waals surface area contributed by atoms with Gasteiger partial charge in [0, 0.05) is 48.9 Å². The van der Waals surface area contributed by atoms with Crippen molar-refractivity contribution in [1.82, 2.24) is 20.0 Å². The maximum atomic E-state index is 12.6. The van der Waals surface area contributed by atoms with Crippen LogP contribution < -0.4 is 19.5 Å². The molecule has 3 aromatic rings. The Morgan fingerprint density at radius 3 is 2.47 bits per heavy atom. The van der Waals surface area contributed by atoms with Gasteiger partial charge in [-0.15, -0.1) is 0 Å². The molecule has 190 valence electrons. The number of piperidine rings is 3. The second-order valence-corrected chi connectivity index (χ2v) is 9.63. The summed E-state index contributed by atoms with van der Waals surface area (Å²) in [6, 6.07) is 15.7. The molecule has 3 aliphatic rings. The highest BCUT2D eigenvalue weighted by molar-refractivity contribution is 5.94. The topological polar surface area (TPSA) is 77.8 Å². The van der Waals surface area contributed by atoms with Crippen LogP contribution in [0.25, 0.3) is 11.3 Å². The zero-order valence-corrected chi connectivity index (χ0v) is 21.4. The predicted molar refractivity (Wildman–Crippen MR) is 138 cm³/mol. The third-order valence-corrected chi connectivity index (χ3v) is 7.70. The molecule has 1 N–H and O–H groups in total. The van der Waals surface area contributed by atoms with Crippen LogP contribution in [0.15, 0.2) is 48.5 Å². The van der Waals surface area contributed by atoms with Gasteiger partial charge in [0.05, 0.1) is 27.0 Å². The Bertz CT molecular complexity index is 1220. The number of methoxy groups -OCH3 is 3. The number of hydrogen-bond acceptors (Lipinski definition) is 6. The van der Waals surface area contributed by atoms with E-state index in [4.69, 9.17) is 19.3 Å². The molecule has 0 spiro atoms. The van der Waals surface area contributed by atoms with Crippen LogP contribution in [-0.4, -0.2) is 67.6 Å². The fraction of sp³-hybridized carbons (Fsp3) is 0.429. The Morgan fingerprint density at radius 1 is 1.03 bits per heavy atom. The second-order valence-electron chi connectivity index (χ2n) is 9.63. The summed E-state index contributed by atoms with van der Waals surface area (Å²) in [6.45, 7) is 2.72. The molecular weight excluding hydrogens is 456 g/mol. The average Bonchev–Trinajstić information content (AvgIpc) is 3.32. The molecule has 1 amide bonds. The smallest absolute Gasteiger partial charge is 0.251 e. The fourth-order valence-electron chi connectivity index (χ4n) is 5.71. The molecule has 4 heterocycles. The molecule has 3 aliphatic heterocycles. The van der Waals surface area contributed by atoms with Crippen molar-refractivity contribution in [2.45, 2.75) is 24.8 Å². The van der Waals surface area contributed by atoms with Crippen LogP contribution in [0.1, 0.15) is 34.8 Å². The summed E-state index contributed by atoms with van der Waals surface area (Å²) < 4.78 is 18.1. The molecule has 0 aliphatic carbocycles. The molecule has 36 heavy (non-hydrogen) atoms. The first-order chi connectivity index (χ1) is 17.5. The van der Waals surface area contributed by atoms with Gasteiger partial charge in [-0.2, -0.15) is 5.10 Å². The number of hydrogen-bond donors (Lipinski definition) is 1. The Kier molecular flexibility index (Phi) is 6.87. The third-order valence-electron chi connectivity index (χ3n) is 7.70. The predicted octanol–water partition coefficient (Wildman–Crippen LogP) is 3.72. The van der Waals surface area contributed by atoms with Gasteiger partial charge in [0.1, 0.15) is 5.75 Å². The van der Waals surface area contributed by atoms with E-state index in [0.717, 1.165) is 36.5 Å². The number of rotatable bonds is 8. The third kappa shape index (κ3) is 4.65. The SMILES string of the molecule is COc1ccc(C(=O)NC[C@H]2C[C@@H]3CCN2C[C@@H]3c2cc(-c3ccc(OC)c(OC)c3)nn2C)cc1. The number of nitrogens with zero attached hydrogens (tertiary/aromatic N) is 3. The molecule has 3 saturated heterocycles. The van der Waals surface area contributed by atoms with Gasteiger partial charge in [0.15, 0.2) is 11.5 Å². The molecule has 2 aromatic carbocycles. The lowest BCUT2D eigenvalue weighted by atomic mass is 9.74. The lowest BCUT2D eigenvalue weighted by Gasteiger charge is -2.50. The zero-order chi connectivity index (χ0) is 25.2. The first-order valence-corrected chi connectivity index (χ1v) is 12.4. The highest BCUT2D eigenvalue weighted by atomic mass is 16.5. The number of aryl methyl sites for hydroxylation is 1. The zero-order valence-electron chi connectivity index (χ0n) is 21.4. The minimum absolute atomic E-state index is 0.0388. The average molecular weight is 491 g/mol. The number of carbonyl (C=O) groups excluding carboxylic acids is 1. The van der Waals surface area contributed by atoms with E-state index < -0.39 is 0 Å². The summed E-state index contributed by atoms with van der Waals surface area (Å²) in [6.07, 6.45) is 2.24. The van der Waals surface area contributed by atoms with Crippen LogP contribution in [0.3, 0.4) is 0 Å². The molecular formula is C28H34N4O4. The standard InChI is InChI=1S/C28H34N4O4/c1-31-25(15-24(30-31)20-7-10-26(35-3)27(14-20)36-4)23-17-32-12-11-19(23)13-21(32)16-29-28(33)18-5-8-22(34-2)9-6-18/h5-10,14-15,19,21,23H,11-13,16-17H2,1-4H3,(H,29,33)/t19-,21+,23-/m0/s1. The minimum atomic E-state index is -0.0388.